The van der Waals surface area contributed by atoms with E-state index in [4.69, 9.17) is 9.98 Å². The van der Waals surface area contributed by atoms with Crippen molar-refractivity contribution in [2.75, 3.05) is 0 Å². The molecule has 304 valence electrons. The lowest BCUT2D eigenvalue weighted by molar-refractivity contribution is 0.523. The van der Waals surface area contributed by atoms with Crippen LogP contribution in [0.1, 0.15) is 55.0 Å². The zero-order valence-corrected chi connectivity index (χ0v) is 35.7. The Labute approximate surface area is 370 Å². The van der Waals surface area contributed by atoms with Crippen molar-refractivity contribution in [3.05, 3.63) is 235 Å². The summed E-state index contributed by atoms with van der Waals surface area (Å²) in [6.07, 6.45) is 1.72. The minimum absolute atomic E-state index is 0.0756. The number of imidazole rings is 1. The lowest BCUT2D eigenvalue weighted by Gasteiger charge is -2.27. The summed E-state index contributed by atoms with van der Waals surface area (Å²) >= 11 is 0. The maximum Gasteiger partial charge on any atom is 0.145 e. The van der Waals surface area contributed by atoms with Gasteiger partial charge in [0, 0.05) is 22.9 Å². The quantitative estimate of drug-likeness (QED) is 0.109. The first-order valence-electron chi connectivity index (χ1n) is 21.8. The first kappa shape index (κ1) is 40.5. The number of hydrogen-bond acceptors (Lipinski definition) is 3. The maximum absolute atomic E-state index is 9.62. The van der Waals surface area contributed by atoms with E-state index < -0.39 is 0 Å². The van der Waals surface area contributed by atoms with E-state index in [0.717, 1.165) is 96.7 Å². The molecule has 2 atom stereocenters. The maximum atomic E-state index is 9.62. The van der Waals surface area contributed by atoms with Gasteiger partial charge in [0.1, 0.15) is 5.82 Å². The van der Waals surface area contributed by atoms with E-state index in [1.165, 1.54) is 5.56 Å². The predicted octanol–water partition coefficient (Wildman–Crippen LogP) is 15.2. The van der Waals surface area contributed by atoms with Crippen LogP contribution < -0.4 is 0 Å². The number of aromatic nitrogens is 2. The number of benzene rings is 8. The van der Waals surface area contributed by atoms with E-state index in [-0.39, 0.29) is 12.0 Å². The summed E-state index contributed by atoms with van der Waals surface area (Å²) in [5.41, 5.74) is 17.0. The first-order valence-corrected chi connectivity index (χ1v) is 21.8. The molecule has 9 rings (SSSR count). The van der Waals surface area contributed by atoms with Gasteiger partial charge in [0.2, 0.25) is 0 Å². The highest BCUT2D eigenvalue weighted by molar-refractivity contribution is 6.01. The number of para-hydroxylation sites is 2. The molecule has 0 N–H and O–H groups in total. The van der Waals surface area contributed by atoms with Gasteiger partial charge in [-0.25, -0.2) is 4.98 Å². The Morgan fingerprint density at radius 3 is 1.84 bits per heavy atom. The summed E-state index contributed by atoms with van der Waals surface area (Å²) in [6.45, 7) is 9.04. The molecule has 0 bridgehead atoms. The topological polar surface area (TPSA) is 54.0 Å². The molecule has 8 aromatic carbocycles. The van der Waals surface area contributed by atoms with E-state index in [9.17, 15) is 5.26 Å². The predicted molar refractivity (Wildman–Crippen MR) is 263 cm³/mol. The van der Waals surface area contributed by atoms with E-state index in [1.54, 1.807) is 0 Å². The Morgan fingerprint density at radius 2 is 1.17 bits per heavy atom. The van der Waals surface area contributed by atoms with Crippen molar-refractivity contribution in [2.45, 2.75) is 32.7 Å². The van der Waals surface area contributed by atoms with Gasteiger partial charge >= 0.3 is 0 Å². The number of aliphatic imine (C=N–C) groups is 1. The average Bonchev–Trinajstić information content (AvgIpc) is 3.76. The monoisotopic (exact) mass is 812 g/mol. The molecule has 63 heavy (non-hydrogen) atoms. The van der Waals surface area contributed by atoms with Gasteiger partial charge in [0.05, 0.1) is 28.7 Å². The molecule has 4 nitrogen and oxygen atoms in total. The molecule has 0 saturated carbocycles. The van der Waals surface area contributed by atoms with Crippen LogP contribution in [0.2, 0.25) is 0 Å². The molecule has 2 unspecified atom stereocenters. The van der Waals surface area contributed by atoms with E-state index in [2.05, 4.69) is 201 Å². The first-order chi connectivity index (χ1) is 31.0. The second-order valence-electron chi connectivity index (χ2n) is 15.9. The molecule has 0 aliphatic carbocycles. The largest absolute Gasteiger partial charge is 0.292 e. The minimum Gasteiger partial charge on any atom is -0.292 e. The highest BCUT2D eigenvalue weighted by Gasteiger charge is 2.26. The molecule has 0 radical (unpaired) electrons. The highest BCUT2D eigenvalue weighted by atomic mass is 15.1. The summed E-state index contributed by atoms with van der Waals surface area (Å²) < 4.78 is 2.24. The van der Waals surface area contributed by atoms with Crippen LogP contribution in [-0.2, 0) is 0 Å². The van der Waals surface area contributed by atoms with Gasteiger partial charge < -0.3 is 0 Å². The molecule has 0 aliphatic rings. The van der Waals surface area contributed by atoms with Crippen molar-refractivity contribution in [1.82, 2.24) is 9.55 Å². The molecule has 1 heterocycles. The molecule has 9 aromatic rings. The smallest absolute Gasteiger partial charge is 0.145 e. The van der Waals surface area contributed by atoms with Crippen LogP contribution in [0.25, 0.3) is 67.1 Å². The van der Waals surface area contributed by atoms with E-state index in [1.807, 2.05) is 36.4 Å². The number of hydrogen-bond donors (Lipinski definition) is 0. The van der Waals surface area contributed by atoms with Crippen molar-refractivity contribution >= 4 is 22.3 Å². The molecular weight excluding hydrogens is 765 g/mol. The fraction of sp³-hybridized carbons (Fsp3) is 0.102. The number of rotatable bonds is 13. The number of fused-ring (bicyclic) bond motifs is 1. The molecule has 4 heteroatoms. The molecule has 1 aromatic heterocycles. The zero-order chi connectivity index (χ0) is 43.1. The molecular formula is C59H48N4. The Bertz CT molecular complexity index is 3070. The Balaban J connectivity index is 1.07. The summed E-state index contributed by atoms with van der Waals surface area (Å²) in [5, 5.41) is 9.62. The lowest BCUT2D eigenvalue weighted by Crippen LogP contribution is -2.15. The van der Waals surface area contributed by atoms with E-state index in [0.29, 0.717) is 5.56 Å². The van der Waals surface area contributed by atoms with Crippen LogP contribution in [0.3, 0.4) is 0 Å². The fourth-order valence-corrected chi connectivity index (χ4v) is 8.76. The fourth-order valence-electron chi connectivity index (χ4n) is 8.76. The van der Waals surface area contributed by atoms with Crippen molar-refractivity contribution < 1.29 is 0 Å². The summed E-state index contributed by atoms with van der Waals surface area (Å²) in [4.78, 5) is 10.6. The van der Waals surface area contributed by atoms with Crippen molar-refractivity contribution in [2.24, 2.45) is 10.9 Å². The van der Waals surface area contributed by atoms with Gasteiger partial charge in [-0.15, -0.1) is 0 Å². The minimum atomic E-state index is -0.0756. The molecule has 0 spiro atoms. The normalized spacial score (nSPS) is 12.4. The average molecular weight is 813 g/mol. The van der Waals surface area contributed by atoms with Crippen molar-refractivity contribution in [3.8, 4) is 56.5 Å². The third-order valence-corrected chi connectivity index (χ3v) is 12.1. The third kappa shape index (κ3) is 8.43. The van der Waals surface area contributed by atoms with Gasteiger partial charge in [-0.2, -0.15) is 5.26 Å². The van der Waals surface area contributed by atoms with Gasteiger partial charge in [-0.05, 0) is 111 Å². The molecule has 0 aliphatic heterocycles. The van der Waals surface area contributed by atoms with Crippen LogP contribution >= 0.6 is 0 Å². The van der Waals surface area contributed by atoms with Crippen LogP contribution in [0, 0.1) is 17.2 Å². The summed E-state index contributed by atoms with van der Waals surface area (Å²) in [7, 11) is 0. The molecule has 0 amide bonds. The third-order valence-electron chi connectivity index (χ3n) is 12.1. The van der Waals surface area contributed by atoms with Crippen LogP contribution in [0.4, 0.5) is 0 Å². The second kappa shape index (κ2) is 18.4. The molecule has 0 saturated heterocycles. The standard InChI is InChI=1S/C59H48N4/c1-4-52(41(3)43-17-9-6-10-18-43)58(48-19-11-7-12-20-48)61-55(5-2)47-31-29-45(30-32-47)53-38-35-50(39-54(53)46-27-25-42(40-60)26-28-46)44-33-36-51(37-34-44)63-57-24-16-15-23-56(57)62-59(63)49-21-13-8-14-22-49/h6-39,52,58H,3-5H2,1-2H3. The van der Waals surface area contributed by atoms with Gasteiger partial charge in [0.25, 0.3) is 0 Å². The Kier molecular flexibility index (Phi) is 11.8. The van der Waals surface area contributed by atoms with Crippen LogP contribution in [-0.4, -0.2) is 15.3 Å². The van der Waals surface area contributed by atoms with Gasteiger partial charge in [-0.3, -0.25) is 9.56 Å². The van der Waals surface area contributed by atoms with Crippen molar-refractivity contribution in [3.63, 3.8) is 0 Å². The Hall–Kier alpha value is -7.87. The second-order valence-corrected chi connectivity index (χ2v) is 15.9. The highest BCUT2D eigenvalue weighted by Crippen LogP contribution is 2.40. The summed E-state index contributed by atoms with van der Waals surface area (Å²) in [5.74, 6) is 1.05. The number of nitrogens with zero attached hydrogens (tertiary/aromatic N) is 4. The Morgan fingerprint density at radius 1 is 0.587 bits per heavy atom. The molecule has 0 fully saturated rings. The zero-order valence-electron chi connectivity index (χ0n) is 35.7. The van der Waals surface area contributed by atoms with E-state index >= 15 is 0 Å². The summed E-state index contributed by atoms with van der Waals surface area (Å²) in [6, 6.07) is 74.2. The van der Waals surface area contributed by atoms with Crippen LogP contribution in [0.15, 0.2) is 218 Å². The van der Waals surface area contributed by atoms with Crippen LogP contribution in [0.5, 0.6) is 0 Å². The SMILES string of the molecule is C=C(c1ccccc1)C(CC)C(N=C(CC)c1ccc(-c2ccc(-c3ccc(-n4c(-c5ccccc5)nc5ccccc54)cc3)cc2-c2ccc(C#N)cc2)cc1)c1ccccc1. The van der Waals surface area contributed by atoms with Gasteiger partial charge in [0.15, 0.2) is 0 Å². The lowest BCUT2D eigenvalue weighted by atomic mass is 9.82. The number of nitriles is 1. The van der Waals surface area contributed by atoms with Gasteiger partial charge in [-0.1, -0.05) is 184 Å². The van der Waals surface area contributed by atoms with Crippen molar-refractivity contribution in [1.29, 1.82) is 5.26 Å².